The van der Waals surface area contributed by atoms with Crippen molar-refractivity contribution in [1.29, 1.82) is 0 Å². The van der Waals surface area contributed by atoms with E-state index in [0.29, 0.717) is 13.2 Å². The van der Waals surface area contributed by atoms with Crippen LogP contribution < -0.4 is 10.2 Å². The molecule has 1 aliphatic carbocycles. The summed E-state index contributed by atoms with van der Waals surface area (Å²) in [4.78, 5) is 35.5. The number of carbonyl (C=O) groups is 2. The van der Waals surface area contributed by atoms with Crippen LogP contribution >= 0.6 is 0 Å². The highest BCUT2D eigenvalue weighted by molar-refractivity contribution is 6.27. The maximum absolute atomic E-state index is 14.0. The Labute approximate surface area is 142 Å². The van der Waals surface area contributed by atoms with Crippen LogP contribution in [0.4, 0.5) is 4.39 Å². The molecule has 0 aliphatic heterocycles. The molecule has 25 heavy (non-hydrogen) atoms. The number of hydrogen-bond donors (Lipinski definition) is 0. The van der Waals surface area contributed by atoms with Gasteiger partial charge in [0.1, 0.15) is 5.56 Å². The molecule has 1 fully saturated rings. The van der Waals surface area contributed by atoms with Gasteiger partial charge in [0.05, 0.1) is 18.0 Å². The fourth-order valence-corrected chi connectivity index (χ4v) is 2.57. The first-order valence-corrected chi connectivity index (χ1v) is 7.55. The van der Waals surface area contributed by atoms with Gasteiger partial charge < -0.3 is 18.6 Å². The first-order chi connectivity index (χ1) is 11.9. The Morgan fingerprint density at radius 2 is 2.00 bits per heavy atom. The minimum absolute atomic E-state index is 0.0443. The summed E-state index contributed by atoms with van der Waals surface area (Å²) in [5.74, 6) is -2.28. The summed E-state index contributed by atoms with van der Waals surface area (Å²) in [7, 11) is 1.89. The second kappa shape index (κ2) is 6.58. The molecule has 1 aliphatic rings. The topological polar surface area (TPSA) is 83.8 Å². The fraction of sp³-hybridized carbons (Fsp3) is 0.312. The third-order valence-electron chi connectivity index (χ3n) is 3.83. The molecule has 1 aromatic heterocycles. The highest BCUT2D eigenvalue weighted by atomic mass is 19.1. The summed E-state index contributed by atoms with van der Waals surface area (Å²) in [5.41, 5.74) is -0.557. The molecule has 0 atom stereocenters. The van der Waals surface area contributed by atoms with Gasteiger partial charge in [0.2, 0.25) is 5.43 Å². The summed E-state index contributed by atoms with van der Waals surface area (Å²) in [5, 5.41) is 0.145. The van der Waals surface area contributed by atoms with Crippen molar-refractivity contribution in [1.82, 2.24) is 4.57 Å². The first-order valence-electron chi connectivity index (χ1n) is 7.55. The van der Waals surface area contributed by atoms with E-state index in [-0.39, 0.29) is 22.7 Å². The van der Waals surface area contributed by atoms with Crippen LogP contribution in [0.1, 0.15) is 36.2 Å². The van der Waals surface area contributed by atoms with Gasteiger partial charge in [0.15, 0.2) is 11.6 Å². The molecule has 1 heterocycles. The number of pyridine rings is 1. The van der Waals surface area contributed by atoms with Crippen LogP contribution in [0.2, 0.25) is 0 Å². The Morgan fingerprint density at radius 1 is 1.28 bits per heavy atom. The van der Waals surface area contributed by atoms with E-state index >= 15 is 0 Å². The third-order valence-corrected chi connectivity index (χ3v) is 3.83. The second-order valence-electron chi connectivity index (χ2n) is 5.60. The van der Waals surface area contributed by atoms with Crippen molar-refractivity contribution in [2.45, 2.75) is 25.8 Å². The number of fused-ring (bicyclic) bond motifs is 1. The number of rotatable bonds is 5. The normalized spacial score (nSPS) is 13.4. The number of benzene rings is 1. The van der Waals surface area contributed by atoms with E-state index in [1.54, 1.807) is 4.57 Å². The molecule has 0 unspecified atom stereocenters. The molecule has 0 bridgehead atoms. The van der Waals surface area contributed by atoms with Gasteiger partial charge >= 0.3 is 13.7 Å². The number of hydrogen-bond acceptors (Lipinski definition) is 6. The second-order valence-corrected chi connectivity index (χ2v) is 5.60. The highest BCUT2D eigenvalue weighted by Crippen LogP contribution is 2.39. The number of methoxy groups -OCH3 is 1. The summed E-state index contributed by atoms with van der Waals surface area (Å²) >= 11 is 0. The Balaban J connectivity index is 2.11. The standard InChI is InChI=1S/C16H14BFNO6/c1-8(20)24-17-25-16(22)11-7-19(9-3-4-9)13-10(14(11)21)5-6-12(18)15(13)23-2/h5-7,9H,3-4H2,1-2H3. The van der Waals surface area contributed by atoms with Crippen LogP contribution in [-0.4, -0.2) is 31.3 Å². The molecule has 0 saturated heterocycles. The van der Waals surface area contributed by atoms with E-state index in [1.165, 1.54) is 19.4 Å². The van der Waals surface area contributed by atoms with E-state index in [1.807, 2.05) is 0 Å². The van der Waals surface area contributed by atoms with Crippen LogP contribution in [0.15, 0.2) is 23.1 Å². The zero-order valence-electron chi connectivity index (χ0n) is 13.6. The number of carbonyl (C=O) groups excluding carboxylic acids is 2. The monoisotopic (exact) mass is 346 g/mol. The van der Waals surface area contributed by atoms with Gasteiger partial charge in [-0.2, -0.15) is 0 Å². The fourth-order valence-electron chi connectivity index (χ4n) is 2.57. The zero-order chi connectivity index (χ0) is 18.1. The average Bonchev–Trinajstić information content (AvgIpc) is 3.39. The molecule has 7 nitrogen and oxygen atoms in total. The van der Waals surface area contributed by atoms with Crippen LogP contribution in [-0.2, 0) is 14.1 Å². The summed E-state index contributed by atoms with van der Waals surface area (Å²) in [6.45, 7) is 1.14. The lowest BCUT2D eigenvalue weighted by atomic mass is 10.1. The van der Waals surface area contributed by atoms with E-state index < -0.39 is 23.2 Å². The molecule has 1 aromatic carbocycles. The van der Waals surface area contributed by atoms with E-state index in [0.717, 1.165) is 25.8 Å². The molecule has 0 spiro atoms. The van der Waals surface area contributed by atoms with Crippen LogP contribution in [0, 0.1) is 5.82 Å². The molecule has 0 amide bonds. The van der Waals surface area contributed by atoms with Crippen molar-refractivity contribution in [3.8, 4) is 5.75 Å². The van der Waals surface area contributed by atoms with Gasteiger partial charge in [-0.15, -0.1) is 0 Å². The average molecular weight is 346 g/mol. The minimum atomic E-state index is -0.967. The van der Waals surface area contributed by atoms with E-state index in [4.69, 9.17) is 4.74 Å². The number of aromatic nitrogens is 1. The molecule has 1 saturated carbocycles. The number of ether oxygens (including phenoxy) is 1. The Kier molecular flexibility index (Phi) is 4.48. The maximum atomic E-state index is 14.0. The van der Waals surface area contributed by atoms with Crippen molar-refractivity contribution in [2.75, 3.05) is 7.11 Å². The van der Waals surface area contributed by atoms with Gasteiger partial charge in [0.25, 0.3) is 5.97 Å². The van der Waals surface area contributed by atoms with Gasteiger partial charge in [-0.1, -0.05) is 0 Å². The van der Waals surface area contributed by atoms with Gasteiger partial charge in [0, 0.05) is 19.2 Å². The quantitative estimate of drug-likeness (QED) is 0.767. The van der Waals surface area contributed by atoms with Gasteiger partial charge in [-0.3, -0.25) is 9.59 Å². The van der Waals surface area contributed by atoms with Crippen molar-refractivity contribution < 1.29 is 28.0 Å². The Hall–Kier alpha value is -2.84. The molecule has 129 valence electrons. The largest absolute Gasteiger partial charge is 0.662 e. The lowest BCUT2D eigenvalue weighted by Gasteiger charge is -2.15. The summed E-state index contributed by atoms with van der Waals surface area (Å²) < 4.78 is 29.9. The molecular weight excluding hydrogens is 332 g/mol. The van der Waals surface area contributed by atoms with Crippen molar-refractivity contribution in [3.63, 3.8) is 0 Å². The molecule has 0 N–H and O–H groups in total. The SMILES string of the molecule is COc1c(F)ccc2c(=O)c(C(=O)O[B]OC(C)=O)cn(C3CC3)c12. The molecule has 1 radical (unpaired) electrons. The Morgan fingerprint density at radius 3 is 2.60 bits per heavy atom. The zero-order valence-corrected chi connectivity index (χ0v) is 13.6. The smallest absolute Gasteiger partial charge is 0.500 e. The lowest BCUT2D eigenvalue weighted by molar-refractivity contribution is -0.132. The van der Waals surface area contributed by atoms with Gasteiger partial charge in [-0.25, -0.2) is 9.18 Å². The highest BCUT2D eigenvalue weighted by Gasteiger charge is 2.29. The first kappa shape index (κ1) is 17.0. The molecule has 3 rings (SSSR count). The molecular formula is C16H14BFNO6. The third kappa shape index (κ3) is 3.22. The van der Waals surface area contributed by atoms with Crippen LogP contribution in [0.5, 0.6) is 5.75 Å². The lowest BCUT2D eigenvalue weighted by Crippen LogP contribution is -2.23. The predicted octanol–water partition coefficient (Wildman–Crippen LogP) is 1.74. The molecule has 9 heteroatoms. The van der Waals surface area contributed by atoms with Crippen molar-refractivity contribution in [2.24, 2.45) is 0 Å². The summed E-state index contributed by atoms with van der Waals surface area (Å²) in [6, 6.07) is 2.46. The minimum Gasteiger partial charge on any atom is -0.500 e. The van der Waals surface area contributed by atoms with E-state index in [9.17, 15) is 18.8 Å². The van der Waals surface area contributed by atoms with E-state index in [2.05, 4.69) is 9.31 Å². The Bertz CT molecular complexity index is 921. The van der Waals surface area contributed by atoms with Crippen LogP contribution in [0.25, 0.3) is 10.9 Å². The number of nitrogens with zero attached hydrogens (tertiary/aromatic N) is 1. The predicted molar refractivity (Wildman–Crippen MR) is 85.9 cm³/mol. The molecule has 2 aromatic rings. The van der Waals surface area contributed by atoms with Crippen LogP contribution in [0.3, 0.4) is 0 Å². The van der Waals surface area contributed by atoms with Crippen molar-refractivity contribution >= 4 is 30.5 Å². The maximum Gasteiger partial charge on any atom is 0.662 e. The summed E-state index contributed by atoms with van der Waals surface area (Å²) in [6.07, 6.45) is 3.01. The van der Waals surface area contributed by atoms with Gasteiger partial charge in [-0.05, 0) is 25.0 Å². The number of halogens is 1. The van der Waals surface area contributed by atoms with Crippen molar-refractivity contribution in [3.05, 3.63) is 39.9 Å².